The summed E-state index contributed by atoms with van der Waals surface area (Å²) in [6, 6.07) is 0. The van der Waals surface area contributed by atoms with Crippen LogP contribution in [0.2, 0.25) is 0 Å². The third-order valence-corrected chi connectivity index (χ3v) is 0.183. The Morgan fingerprint density at radius 2 is 1.12 bits per heavy atom. The van der Waals surface area contributed by atoms with Crippen LogP contribution in [0.3, 0.4) is 0 Å². The first-order chi connectivity index (χ1) is 2.64. The molecule has 0 spiro atoms. The van der Waals surface area contributed by atoms with Crippen molar-refractivity contribution in [3.05, 3.63) is 0 Å². The normalized spacial score (nSPS) is 5.50. The van der Waals surface area contributed by atoms with Crippen LogP contribution < -0.4 is 0 Å². The van der Waals surface area contributed by atoms with Gasteiger partial charge in [-0.25, -0.2) is 9.59 Å². The van der Waals surface area contributed by atoms with E-state index >= 15 is 0 Å². The quantitative estimate of drug-likeness (QED) is 0.362. The number of carbonyl (C=O) groups is 2. The molecule has 0 amide bonds. The Labute approximate surface area is 85.1 Å². The predicted octanol–water partition coefficient (Wildman–Crippen LogP) is -2.59. The molecule has 0 bridgehead atoms. The van der Waals surface area contributed by atoms with E-state index in [1.54, 1.807) is 0 Å². The number of rotatable bonds is 0. The van der Waals surface area contributed by atoms with Crippen molar-refractivity contribution in [3.8, 4) is 0 Å². The van der Waals surface area contributed by atoms with Gasteiger partial charge in [0.05, 0.1) is 0 Å². The molecule has 4 N–H and O–H groups in total. The fourth-order valence-electron chi connectivity index (χ4n) is 0. The molecule has 0 unspecified atom stereocenters. The third kappa shape index (κ3) is 9.69. The van der Waals surface area contributed by atoms with Crippen LogP contribution >= 0.6 is 0 Å². The summed E-state index contributed by atoms with van der Waals surface area (Å²) in [6.45, 7) is 0. The van der Waals surface area contributed by atoms with E-state index in [9.17, 15) is 0 Å². The summed E-state index contributed by atoms with van der Waals surface area (Å²) in [5.41, 5.74) is 0. The van der Waals surface area contributed by atoms with Crippen LogP contribution in [0.4, 0.5) is 0 Å². The fraction of sp³-hybridized carbons (Fsp3) is 0. The Hall–Kier alpha value is 0.471. The van der Waals surface area contributed by atoms with Crippen molar-refractivity contribution in [1.82, 2.24) is 0 Å². The van der Waals surface area contributed by atoms with E-state index in [0.717, 1.165) is 0 Å². The van der Waals surface area contributed by atoms with Gasteiger partial charge in [0.2, 0.25) is 0 Å². The minimum absolute atomic E-state index is 0. The fourth-order valence-corrected chi connectivity index (χ4v) is 0. The van der Waals surface area contributed by atoms with Gasteiger partial charge in [0, 0.05) is 0 Å². The molecule has 0 aliphatic rings. The second-order valence-electron chi connectivity index (χ2n) is 0.610. The zero-order chi connectivity index (χ0) is 5.15. The van der Waals surface area contributed by atoms with E-state index in [4.69, 9.17) is 19.8 Å². The number of carboxylic acids is 2. The first-order valence-electron chi connectivity index (χ1n) is 1.11. The van der Waals surface area contributed by atoms with Gasteiger partial charge in [0.15, 0.2) is 0 Å². The van der Waals surface area contributed by atoms with Crippen LogP contribution in [0.15, 0.2) is 0 Å². The summed E-state index contributed by atoms with van der Waals surface area (Å²) in [4.78, 5) is 18.2. The Morgan fingerprint density at radius 3 is 1.12 bits per heavy atom. The molecule has 0 saturated carbocycles. The summed E-state index contributed by atoms with van der Waals surface area (Å²) < 4.78 is 0. The van der Waals surface area contributed by atoms with Gasteiger partial charge in [-0.05, 0) is 0 Å². The number of hydrogen-bond acceptors (Lipinski definition) is 2. The maximum absolute atomic E-state index is 9.10. The van der Waals surface area contributed by atoms with Crippen LogP contribution in [0.5, 0.6) is 0 Å². The van der Waals surface area contributed by atoms with Gasteiger partial charge >= 0.3 is 60.8 Å². The number of aliphatic carboxylic acids is 2. The third-order valence-electron chi connectivity index (χ3n) is 0.183. The van der Waals surface area contributed by atoms with Gasteiger partial charge in [-0.1, -0.05) is 0 Å². The zero-order valence-electron chi connectivity index (χ0n) is 3.21. The van der Waals surface area contributed by atoms with Crippen LogP contribution in [0.25, 0.3) is 0 Å². The molecule has 0 aliphatic heterocycles. The molecule has 0 saturated heterocycles. The molecule has 5 nitrogen and oxygen atoms in total. The van der Waals surface area contributed by atoms with Gasteiger partial charge < -0.3 is 15.7 Å². The van der Waals surface area contributed by atoms with Crippen molar-refractivity contribution in [2.45, 2.75) is 0 Å². The van der Waals surface area contributed by atoms with E-state index in [0.29, 0.717) is 0 Å². The first-order valence-corrected chi connectivity index (χ1v) is 1.11. The average Bonchev–Trinajstić information content (AvgIpc) is 1.36. The first kappa shape index (κ1) is 15.8. The van der Waals surface area contributed by atoms with Crippen molar-refractivity contribution in [3.63, 3.8) is 0 Å². The van der Waals surface area contributed by atoms with Gasteiger partial charge in [0.25, 0.3) is 0 Å². The van der Waals surface area contributed by atoms with Gasteiger partial charge in [-0.15, -0.1) is 0 Å². The molecule has 0 rings (SSSR count). The molecule has 0 radical (unpaired) electrons. The molecular weight excluding hydrogens is 241 g/mol. The summed E-state index contributed by atoms with van der Waals surface area (Å²) in [5, 5.41) is 14.8. The molecule has 8 heavy (non-hydrogen) atoms. The van der Waals surface area contributed by atoms with E-state index < -0.39 is 11.9 Å². The minimum atomic E-state index is -1.82. The molecule has 0 aromatic heterocycles. The van der Waals surface area contributed by atoms with Crippen molar-refractivity contribution in [1.29, 1.82) is 0 Å². The van der Waals surface area contributed by atoms with E-state index in [2.05, 4.69) is 0 Å². The zero-order valence-corrected chi connectivity index (χ0v) is 3.21. The molecule has 0 aliphatic carbocycles. The van der Waals surface area contributed by atoms with Crippen molar-refractivity contribution in [2.24, 2.45) is 0 Å². The van der Waals surface area contributed by atoms with E-state index in [1.807, 2.05) is 0 Å². The van der Waals surface area contributed by atoms with Crippen LogP contribution in [-0.2, 0) is 9.59 Å². The molecule has 0 heterocycles. The van der Waals surface area contributed by atoms with Crippen LogP contribution in [0.1, 0.15) is 0 Å². The number of hydrogen-bond donors (Lipinski definition) is 2. The van der Waals surface area contributed by atoms with Crippen LogP contribution in [0, 0.1) is 0 Å². The second kappa shape index (κ2) is 7.47. The topological polar surface area (TPSA) is 106 Å². The Morgan fingerprint density at radius 1 is 1.00 bits per heavy atom. The van der Waals surface area contributed by atoms with Crippen molar-refractivity contribution < 1.29 is 25.3 Å². The van der Waals surface area contributed by atoms with Gasteiger partial charge in [0.1, 0.15) is 0 Å². The molecule has 0 fully saturated rings. The molecule has 0 aromatic carbocycles. The molecule has 0 aromatic rings. The monoisotopic (exact) mass is 248 g/mol. The summed E-state index contributed by atoms with van der Waals surface area (Å²) in [7, 11) is 0. The Balaban J connectivity index is -0.000000125. The van der Waals surface area contributed by atoms with Crippen molar-refractivity contribution >= 4 is 60.8 Å². The SMILES string of the molecule is O.O=C(O)C(=O)O.[BaH2]. The summed E-state index contributed by atoms with van der Waals surface area (Å²) >= 11 is 0. The summed E-state index contributed by atoms with van der Waals surface area (Å²) in [5.74, 6) is -3.65. The summed E-state index contributed by atoms with van der Waals surface area (Å²) in [6.07, 6.45) is 0. The second-order valence-corrected chi connectivity index (χ2v) is 0.610. The van der Waals surface area contributed by atoms with E-state index in [-0.39, 0.29) is 54.4 Å². The molecule has 46 valence electrons. The standard InChI is InChI=1S/C2H2O4.Ba.H2O.2H/c3-1(4)2(5)6;;;;/h(H,3,4)(H,5,6);;1H2;;. The van der Waals surface area contributed by atoms with Gasteiger partial charge in [-0.2, -0.15) is 0 Å². The number of carboxylic acid groups (broad SMARTS) is 2. The Bertz CT molecular complexity index is 76.4. The Kier molecular flexibility index (Phi) is 14.8. The van der Waals surface area contributed by atoms with E-state index in [1.165, 1.54) is 0 Å². The van der Waals surface area contributed by atoms with Gasteiger partial charge in [-0.3, -0.25) is 0 Å². The maximum atomic E-state index is 9.10. The van der Waals surface area contributed by atoms with Crippen molar-refractivity contribution in [2.75, 3.05) is 0 Å². The average molecular weight is 247 g/mol. The van der Waals surface area contributed by atoms with Crippen LogP contribution in [-0.4, -0.2) is 76.5 Å². The molecular formula is C2H6BaO5. The predicted molar refractivity (Wildman–Crippen MR) is 27.4 cm³/mol. The molecule has 0 atom stereocenters. The molecule has 6 heteroatoms.